The lowest BCUT2D eigenvalue weighted by atomic mass is 9.84. The fourth-order valence-electron chi connectivity index (χ4n) is 3.04. The third kappa shape index (κ3) is 2.41. The van der Waals surface area contributed by atoms with Crippen LogP contribution >= 0.6 is 0 Å². The molecule has 1 saturated carbocycles. The van der Waals surface area contributed by atoms with Crippen LogP contribution in [0.2, 0.25) is 0 Å². The van der Waals surface area contributed by atoms with Crippen LogP contribution in [0.5, 0.6) is 0 Å². The smallest absolute Gasteiger partial charge is 0.127 e. The number of nitrogens with one attached hydrogen (secondary N) is 1. The predicted octanol–water partition coefficient (Wildman–Crippen LogP) is 2.69. The highest BCUT2D eigenvalue weighted by Gasteiger charge is 2.18. The summed E-state index contributed by atoms with van der Waals surface area (Å²) < 4.78 is 0. The lowest BCUT2D eigenvalue weighted by Gasteiger charge is -2.22. The highest BCUT2D eigenvalue weighted by atomic mass is 15.2. The van der Waals surface area contributed by atoms with Crippen molar-refractivity contribution in [1.29, 1.82) is 0 Å². The summed E-state index contributed by atoms with van der Waals surface area (Å²) in [5, 5.41) is 3.29. The topological polar surface area (TPSA) is 50.4 Å². The fourth-order valence-corrected chi connectivity index (χ4v) is 3.04. The molecular weight excluding hydrogens is 222 g/mol. The molecule has 0 amide bonds. The van der Waals surface area contributed by atoms with Gasteiger partial charge in [0.05, 0.1) is 6.54 Å². The number of hydrogen-bond acceptors (Lipinski definition) is 3. The van der Waals surface area contributed by atoms with Crippen molar-refractivity contribution in [1.82, 2.24) is 5.32 Å². The van der Waals surface area contributed by atoms with Gasteiger partial charge in [0, 0.05) is 0 Å². The largest absolute Gasteiger partial charge is 0.386 e. The molecule has 3 heteroatoms. The first-order valence-corrected chi connectivity index (χ1v) is 6.98. The zero-order valence-corrected chi connectivity index (χ0v) is 10.7. The van der Waals surface area contributed by atoms with Crippen LogP contribution in [0.3, 0.4) is 0 Å². The minimum atomic E-state index is 0.0606. The summed E-state index contributed by atoms with van der Waals surface area (Å²) in [7, 11) is 0. The van der Waals surface area contributed by atoms with Gasteiger partial charge >= 0.3 is 0 Å². The highest BCUT2D eigenvalue weighted by molar-refractivity contribution is 5.84. The van der Waals surface area contributed by atoms with Crippen LogP contribution in [-0.2, 0) is 0 Å². The normalized spacial score (nSPS) is 25.1. The molecule has 96 valence electrons. The summed E-state index contributed by atoms with van der Waals surface area (Å²) in [5.74, 6) is 1.48. The first kappa shape index (κ1) is 11.7. The summed E-state index contributed by atoms with van der Waals surface area (Å²) in [4.78, 5) is 4.38. The monoisotopic (exact) mass is 243 g/mol. The van der Waals surface area contributed by atoms with E-state index >= 15 is 0 Å². The molecule has 1 unspecified atom stereocenters. The van der Waals surface area contributed by atoms with Gasteiger partial charge in [-0.05, 0) is 29.9 Å². The van der Waals surface area contributed by atoms with Gasteiger partial charge in [0.15, 0.2) is 0 Å². The molecule has 1 aromatic rings. The van der Waals surface area contributed by atoms with Crippen LogP contribution in [0.1, 0.15) is 55.3 Å². The van der Waals surface area contributed by atoms with E-state index in [1.165, 1.54) is 43.2 Å². The molecule has 18 heavy (non-hydrogen) atoms. The predicted molar refractivity (Wildman–Crippen MR) is 74.6 cm³/mol. The van der Waals surface area contributed by atoms with Crippen molar-refractivity contribution in [2.24, 2.45) is 10.7 Å². The number of aliphatic imine (C=N–C) groups is 1. The Hall–Kier alpha value is -1.35. The molecule has 1 aromatic carbocycles. The van der Waals surface area contributed by atoms with Gasteiger partial charge < -0.3 is 5.73 Å². The van der Waals surface area contributed by atoms with Crippen LogP contribution in [0.4, 0.5) is 0 Å². The van der Waals surface area contributed by atoms with Crippen molar-refractivity contribution >= 4 is 5.84 Å². The van der Waals surface area contributed by atoms with Gasteiger partial charge in [0.25, 0.3) is 0 Å². The van der Waals surface area contributed by atoms with E-state index in [9.17, 15) is 0 Å². The summed E-state index contributed by atoms with van der Waals surface area (Å²) in [6.07, 6.45) is 6.95. The van der Waals surface area contributed by atoms with E-state index in [0.717, 1.165) is 5.92 Å². The molecule has 1 heterocycles. The SMILES string of the molecule is NC1=NC(c2ccc(C3CCCCC3)cc2)NC1. The molecule has 3 nitrogen and oxygen atoms in total. The molecule has 1 atom stereocenters. The van der Waals surface area contributed by atoms with E-state index in [1.807, 2.05) is 0 Å². The summed E-state index contributed by atoms with van der Waals surface area (Å²) >= 11 is 0. The second kappa shape index (κ2) is 5.11. The molecule has 3 N–H and O–H groups in total. The average molecular weight is 243 g/mol. The summed E-state index contributed by atoms with van der Waals surface area (Å²) in [5.41, 5.74) is 8.41. The summed E-state index contributed by atoms with van der Waals surface area (Å²) in [6.45, 7) is 0.703. The first-order chi connectivity index (χ1) is 8.83. The zero-order chi connectivity index (χ0) is 12.4. The van der Waals surface area contributed by atoms with Gasteiger partial charge in [-0.25, -0.2) is 4.99 Å². The molecule has 0 saturated heterocycles. The maximum Gasteiger partial charge on any atom is 0.127 e. The minimum Gasteiger partial charge on any atom is -0.386 e. The lowest BCUT2D eigenvalue weighted by molar-refractivity contribution is 0.443. The molecule has 2 aliphatic rings. The van der Waals surface area contributed by atoms with E-state index in [2.05, 4.69) is 34.6 Å². The number of nitrogens with zero attached hydrogens (tertiary/aromatic N) is 1. The third-order valence-corrected chi connectivity index (χ3v) is 4.10. The van der Waals surface area contributed by atoms with Crippen LogP contribution in [-0.4, -0.2) is 12.4 Å². The third-order valence-electron chi connectivity index (χ3n) is 4.10. The molecule has 1 aliphatic heterocycles. The zero-order valence-electron chi connectivity index (χ0n) is 10.7. The second-order valence-electron chi connectivity index (χ2n) is 5.41. The molecule has 1 fully saturated rings. The summed E-state index contributed by atoms with van der Waals surface area (Å²) in [6, 6.07) is 8.95. The minimum absolute atomic E-state index is 0.0606. The van der Waals surface area contributed by atoms with Crippen molar-refractivity contribution in [2.75, 3.05) is 6.54 Å². The van der Waals surface area contributed by atoms with Crippen molar-refractivity contribution in [3.63, 3.8) is 0 Å². The second-order valence-corrected chi connectivity index (χ2v) is 5.41. The average Bonchev–Trinajstić information content (AvgIpc) is 2.87. The van der Waals surface area contributed by atoms with Crippen LogP contribution in [0.15, 0.2) is 29.3 Å². The Morgan fingerprint density at radius 3 is 2.28 bits per heavy atom. The Morgan fingerprint density at radius 2 is 1.67 bits per heavy atom. The highest BCUT2D eigenvalue weighted by Crippen LogP contribution is 2.33. The molecule has 0 aromatic heterocycles. The van der Waals surface area contributed by atoms with E-state index in [0.29, 0.717) is 12.4 Å². The standard InChI is InChI=1S/C15H21N3/c16-14-10-17-15(18-14)13-8-6-12(7-9-13)11-4-2-1-3-5-11/h6-9,11,15,17H,1-5,10H2,(H2,16,18). The van der Waals surface area contributed by atoms with Gasteiger partial charge in [-0.15, -0.1) is 0 Å². The van der Waals surface area contributed by atoms with E-state index in [1.54, 1.807) is 0 Å². The van der Waals surface area contributed by atoms with Crippen molar-refractivity contribution < 1.29 is 0 Å². The Balaban J connectivity index is 1.72. The first-order valence-electron chi connectivity index (χ1n) is 6.98. The van der Waals surface area contributed by atoms with Gasteiger partial charge in [0.1, 0.15) is 12.0 Å². The van der Waals surface area contributed by atoms with Crippen LogP contribution in [0, 0.1) is 0 Å². The number of nitrogens with two attached hydrogens (primary N) is 1. The quantitative estimate of drug-likeness (QED) is 0.839. The van der Waals surface area contributed by atoms with Crippen molar-refractivity contribution in [3.05, 3.63) is 35.4 Å². The number of hydrogen-bond donors (Lipinski definition) is 2. The van der Waals surface area contributed by atoms with E-state index < -0.39 is 0 Å². The Bertz CT molecular complexity index is 430. The van der Waals surface area contributed by atoms with Gasteiger partial charge in [-0.2, -0.15) is 0 Å². The van der Waals surface area contributed by atoms with Gasteiger partial charge in [-0.3, -0.25) is 5.32 Å². The Kier molecular flexibility index (Phi) is 3.33. The number of amidine groups is 1. The molecule has 0 spiro atoms. The van der Waals surface area contributed by atoms with E-state index in [-0.39, 0.29) is 6.17 Å². The molecule has 1 aliphatic carbocycles. The van der Waals surface area contributed by atoms with Gasteiger partial charge in [0.2, 0.25) is 0 Å². The lowest BCUT2D eigenvalue weighted by Crippen LogP contribution is -2.21. The van der Waals surface area contributed by atoms with Gasteiger partial charge in [-0.1, -0.05) is 43.5 Å². The number of rotatable bonds is 2. The molecule has 3 rings (SSSR count). The molecule has 0 bridgehead atoms. The maximum absolute atomic E-state index is 5.70. The Morgan fingerprint density at radius 1 is 1.00 bits per heavy atom. The maximum atomic E-state index is 5.70. The fraction of sp³-hybridized carbons (Fsp3) is 0.533. The van der Waals surface area contributed by atoms with Crippen LogP contribution in [0.25, 0.3) is 0 Å². The van der Waals surface area contributed by atoms with Crippen LogP contribution < -0.4 is 11.1 Å². The van der Waals surface area contributed by atoms with Crippen molar-refractivity contribution in [2.45, 2.75) is 44.2 Å². The van der Waals surface area contributed by atoms with E-state index in [4.69, 9.17) is 5.73 Å². The molecule has 0 radical (unpaired) electrons. The molecular formula is C15H21N3. The number of benzene rings is 1. The van der Waals surface area contributed by atoms with Crippen molar-refractivity contribution in [3.8, 4) is 0 Å². The Labute approximate surface area is 108 Å².